The first-order valence-electron chi connectivity index (χ1n) is 6.17. The summed E-state index contributed by atoms with van der Waals surface area (Å²) in [6, 6.07) is 1.77. The van der Waals surface area contributed by atoms with E-state index in [0.29, 0.717) is 11.3 Å². The van der Waals surface area contributed by atoms with Crippen LogP contribution < -0.4 is 5.56 Å². The molecule has 5 nitrogen and oxygen atoms in total. The molecule has 0 bridgehead atoms. The lowest BCUT2D eigenvalue weighted by atomic mass is 10.1. The molecule has 0 aliphatic rings. The molecule has 116 valence electrons. The van der Waals surface area contributed by atoms with Crippen LogP contribution in [0.1, 0.15) is 32.4 Å². The van der Waals surface area contributed by atoms with Gasteiger partial charge in [0.2, 0.25) is 0 Å². The molecule has 0 aromatic carbocycles. The van der Waals surface area contributed by atoms with Crippen molar-refractivity contribution in [3.63, 3.8) is 0 Å². The van der Waals surface area contributed by atoms with Crippen molar-refractivity contribution >= 4 is 11.3 Å². The van der Waals surface area contributed by atoms with Crippen LogP contribution in [0.2, 0.25) is 0 Å². The van der Waals surface area contributed by atoms with Crippen LogP contribution in [0.4, 0.5) is 13.2 Å². The zero-order valence-corrected chi connectivity index (χ0v) is 12.8. The molecule has 0 atom stereocenters. The van der Waals surface area contributed by atoms with Crippen LogP contribution in [-0.2, 0) is 12.7 Å². The summed E-state index contributed by atoms with van der Waals surface area (Å²) in [5.41, 5.74) is -0.973. The molecule has 0 aliphatic heterocycles. The van der Waals surface area contributed by atoms with Gasteiger partial charge in [0, 0.05) is 0 Å². The number of hydrogen-bond donors (Lipinski definition) is 0. The van der Waals surface area contributed by atoms with Gasteiger partial charge in [0.15, 0.2) is 5.69 Å². The lowest BCUT2D eigenvalue weighted by Crippen LogP contribution is -2.28. The van der Waals surface area contributed by atoms with E-state index in [9.17, 15) is 18.0 Å². The van der Waals surface area contributed by atoms with Gasteiger partial charge >= 0.3 is 6.18 Å². The number of hydrogen-bond acceptors (Lipinski definition) is 5. The summed E-state index contributed by atoms with van der Waals surface area (Å²) in [6.45, 7) is 4.26. The van der Waals surface area contributed by atoms with E-state index in [4.69, 9.17) is 5.26 Å². The summed E-state index contributed by atoms with van der Waals surface area (Å²) >= 11 is 0.855. The second-order valence-corrected chi connectivity index (χ2v) is 5.95. The second kappa shape index (κ2) is 5.53. The van der Waals surface area contributed by atoms with Gasteiger partial charge in [-0.1, -0.05) is 0 Å². The first-order valence-corrected chi connectivity index (χ1v) is 6.98. The standard InChI is InChI=1S/C13H11F3N4OS/c1-6-7(2)19-20(12(21)9(6)4-17)5-10-11(13(14,15)16)18-8(3)22-10/h5H2,1-3H3. The first-order chi connectivity index (χ1) is 10.1. The number of nitrogens with zero attached hydrogens (tertiary/aromatic N) is 4. The molecule has 0 unspecified atom stereocenters. The van der Waals surface area contributed by atoms with Crippen molar-refractivity contribution in [3.8, 4) is 6.07 Å². The van der Waals surface area contributed by atoms with Gasteiger partial charge in [-0.3, -0.25) is 4.79 Å². The van der Waals surface area contributed by atoms with E-state index in [-0.39, 0.29) is 22.0 Å². The summed E-state index contributed by atoms with van der Waals surface area (Å²) in [7, 11) is 0. The van der Waals surface area contributed by atoms with E-state index in [1.165, 1.54) is 6.92 Å². The van der Waals surface area contributed by atoms with Crippen LogP contribution in [0.15, 0.2) is 4.79 Å². The number of rotatable bonds is 2. The quantitative estimate of drug-likeness (QED) is 0.849. The third-order valence-electron chi connectivity index (χ3n) is 3.11. The fourth-order valence-electron chi connectivity index (χ4n) is 1.94. The van der Waals surface area contributed by atoms with Gasteiger partial charge in [-0.2, -0.15) is 23.5 Å². The van der Waals surface area contributed by atoms with Crippen LogP contribution >= 0.6 is 11.3 Å². The van der Waals surface area contributed by atoms with Crippen molar-refractivity contribution in [1.29, 1.82) is 5.26 Å². The molecule has 22 heavy (non-hydrogen) atoms. The molecule has 2 aromatic heterocycles. The Morgan fingerprint density at radius 3 is 2.50 bits per heavy atom. The van der Waals surface area contributed by atoms with Crippen molar-refractivity contribution in [2.24, 2.45) is 0 Å². The maximum Gasteiger partial charge on any atom is 0.434 e. The topological polar surface area (TPSA) is 71.6 Å². The van der Waals surface area contributed by atoms with E-state index in [0.717, 1.165) is 16.0 Å². The average Bonchev–Trinajstić information content (AvgIpc) is 2.78. The van der Waals surface area contributed by atoms with Crippen LogP contribution in [0.5, 0.6) is 0 Å². The van der Waals surface area contributed by atoms with Gasteiger partial charge in [-0.15, -0.1) is 11.3 Å². The third kappa shape index (κ3) is 2.87. The van der Waals surface area contributed by atoms with Crippen molar-refractivity contribution in [1.82, 2.24) is 14.8 Å². The zero-order chi connectivity index (χ0) is 16.7. The molecule has 0 spiro atoms. The fourth-order valence-corrected chi connectivity index (χ4v) is 2.88. The van der Waals surface area contributed by atoms with Gasteiger partial charge in [0.25, 0.3) is 5.56 Å². The van der Waals surface area contributed by atoms with Crippen molar-refractivity contribution in [3.05, 3.63) is 42.8 Å². The highest BCUT2D eigenvalue weighted by atomic mass is 32.1. The van der Waals surface area contributed by atoms with Crippen molar-refractivity contribution in [2.75, 3.05) is 0 Å². The largest absolute Gasteiger partial charge is 0.434 e. The molecule has 0 aliphatic carbocycles. The van der Waals surface area contributed by atoms with E-state index >= 15 is 0 Å². The molecule has 0 radical (unpaired) electrons. The van der Waals surface area contributed by atoms with E-state index in [1.807, 2.05) is 0 Å². The number of aromatic nitrogens is 3. The van der Waals surface area contributed by atoms with Crippen molar-refractivity contribution in [2.45, 2.75) is 33.5 Å². The Kier molecular flexibility index (Phi) is 4.06. The summed E-state index contributed by atoms with van der Waals surface area (Å²) < 4.78 is 39.7. The monoisotopic (exact) mass is 328 g/mol. The third-order valence-corrected chi connectivity index (χ3v) is 4.07. The smallest absolute Gasteiger partial charge is 0.266 e. The van der Waals surface area contributed by atoms with E-state index in [2.05, 4.69) is 10.1 Å². The van der Waals surface area contributed by atoms with Crippen LogP contribution in [-0.4, -0.2) is 14.8 Å². The molecule has 2 rings (SSSR count). The minimum atomic E-state index is -4.60. The molecule has 0 saturated carbocycles. The molecule has 0 fully saturated rings. The highest BCUT2D eigenvalue weighted by Crippen LogP contribution is 2.34. The van der Waals surface area contributed by atoms with E-state index < -0.39 is 17.4 Å². The molecule has 0 N–H and O–H groups in total. The number of thiazole rings is 1. The number of nitriles is 1. The summed E-state index contributed by atoms with van der Waals surface area (Å²) in [6.07, 6.45) is -4.60. The Morgan fingerprint density at radius 2 is 1.95 bits per heavy atom. The highest BCUT2D eigenvalue weighted by molar-refractivity contribution is 7.11. The lowest BCUT2D eigenvalue weighted by Gasteiger charge is -2.10. The number of halogens is 3. The molecular weight excluding hydrogens is 317 g/mol. The van der Waals surface area contributed by atoms with E-state index in [1.54, 1.807) is 19.9 Å². The Hall–Kier alpha value is -2.21. The second-order valence-electron chi connectivity index (χ2n) is 4.66. The van der Waals surface area contributed by atoms with Gasteiger partial charge in [-0.25, -0.2) is 9.67 Å². The number of alkyl halides is 3. The van der Waals surface area contributed by atoms with Gasteiger partial charge in [0.1, 0.15) is 11.6 Å². The molecule has 2 heterocycles. The maximum absolute atomic E-state index is 12.9. The van der Waals surface area contributed by atoms with Crippen molar-refractivity contribution < 1.29 is 13.2 Å². The summed E-state index contributed by atoms with van der Waals surface area (Å²) in [4.78, 5) is 15.5. The molecule has 9 heteroatoms. The Labute approximate surface area is 127 Å². The summed E-state index contributed by atoms with van der Waals surface area (Å²) in [5, 5.41) is 13.2. The predicted octanol–water partition coefficient (Wildman–Crippen LogP) is 2.56. The van der Waals surface area contributed by atoms with Gasteiger partial charge < -0.3 is 0 Å². The SMILES string of the molecule is Cc1nc(C(F)(F)F)c(Cn2nc(C)c(C)c(C#N)c2=O)s1. The highest BCUT2D eigenvalue weighted by Gasteiger charge is 2.37. The maximum atomic E-state index is 12.9. The molecule has 0 saturated heterocycles. The van der Waals surface area contributed by atoms with Crippen LogP contribution in [0, 0.1) is 32.1 Å². The Balaban J connectivity index is 2.57. The van der Waals surface area contributed by atoms with Gasteiger partial charge in [0.05, 0.1) is 22.1 Å². The minimum absolute atomic E-state index is 0.105. The molecular formula is C13H11F3N4OS. The van der Waals surface area contributed by atoms with Gasteiger partial charge in [-0.05, 0) is 26.3 Å². The Bertz CT molecular complexity index is 830. The number of aryl methyl sites for hydroxylation is 2. The normalized spacial score (nSPS) is 11.5. The minimum Gasteiger partial charge on any atom is -0.266 e. The molecule has 2 aromatic rings. The predicted molar refractivity (Wildman–Crippen MR) is 73.6 cm³/mol. The first kappa shape index (κ1) is 16.2. The fraction of sp³-hybridized carbons (Fsp3) is 0.385. The average molecular weight is 328 g/mol. The zero-order valence-electron chi connectivity index (χ0n) is 11.9. The Morgan fingerprint density at radius 1 is 1.32 bits per heavy atom. The lowest BCUT2D eigenvalue weighted by molar-refractivity contribution is -0.141. The van der Waals surface area contributed by atoms with Crippen LogP contribution in [0.25, 0.3) is 0 Å². The molecule has 0 amide bonds. The van der Waals surface area contributed by atoms with Crippen LogP contribution in [0.3, 0.4) is 0 Å². The summed E-state index contributed by atoms with van der Waals surface area (Å²) in [5.74, 6) is 0.